The largest absolute Gasteiger partial charge is 0.350 e. The molecule has 1 aliphatic heterocycles. The summed E-state index contributed by atoms with van der Waals surface area (Å²) in [4.78, 5) is 30.3. The number of likely N-dealkylation sites (N-methyl/N-ethyl adjacent to an activating group) is 1. The first-order chi connectivity index (χ1) is 12.8. The molecule has 146 valence electrons. The van der Waals surface area contributed by atoms with E-state index >= 15 is 0 Å². The van der Waals surface area contributed by atoms with Gasteiger partial charge in [-0.15, -0.1) is 10.2 Å². The summed E-state index contributed by atoms with van der Waals surface area (Å²) >= 11 is 0. The van der Waals surface area contributed by atoms with Crippen LogP contribution >= 0.6 is 0 Å². The van der Waals surface area contributed by atoms with E-state index in [0.29, 0.717) is 24.3 Å². The van der Waals surface area contributed by atoms with Crippen LogP contribution in [-0.4, -0.2) is 88.1 Å². The summed E-state index contributed by atoms with van der Waals surface area (Å²) in [5.41, 5.74) is 1.23. The maximum atomic E-state index is 12.4. The molecule has 1 fully saturated rings. The SMILES string of the molecule is CC(C)NC(=O)c1ccc2nnc([C@H]3CN(C(=O)N(C)C)CCN3C)n2c1. The molecule has 0 aromatic carbocycles. The summed E-state index contributed by atoms with van der Waals surface area (Å²) in [5, 5.41) is 11.5. The van der Waals surface area contributed by atoms with E-state index < -0.39 is 0 Å². The average molecular weight is 373 g/mol. The van der Waals surface area contributed by atoms with Crippen molar-refractivity contribution in [3.05, 3.63) is 29.7 Å². The monoisotopic (exact) mass is 373 g/mol. The van der Waals surface area contributed by atoms with Crippen molar-refractivity contribution in [1.82, 2.24) is 34.6 Å². The Labute approximate surface area is 158 Å². The van der Waals surface area contributed by atoms with Gasteiger partial charge in [0.1, 0.15) is 0 Å². The lowest BCUT2D eigenvalue weighted by Crippen LogP contribution is -2.52. The van der Waals surface area contributed by atoms with Crippen LogP contribution in [-0.2, 0) is 0 Å². The summed E-state index contributed by atoms with van der Waals surface area (Å²) < 4.78 is 1.85. The van der Waals surface area contributed by atoms with Gasteiger partial charge >= 0.3 is 6.03 Å². The minimum Gasteiger partial charge on any atom is -0.350 e. The molecule has 3 amide bonds. The Morgan fingerprint density at radius 2 is 1.96 bits per heavy atom. The molecule has 27 heavy (non-hydrogen) atoms. The van der Waals surface area contributed by atoms with Crippen molar-refractivity contribution in [3.8, 4) is 0 Å². The van der Waals surface area contributed by atoms with E-state index in [2.05, 4.69) is 20.4 Å². The fourth-order valence-electron chi connectivity index (χ4n) is 3.22. The van der Waals surface area contributed by atoms with Gasteiger partial charge in [-0.3, -0.25) is 14.1 Å². The summed E-state index contributed by atoms with van der Waals surface area (Å²) in [6.45, 7) is 5.79. The van der Waals surface area contributed by atoms with Crippen LogP contribution in [0.1, 0.15) is 36.1 Å². The summed E-state index contributed by atoms with van der Waals surface area (Å²) in [6.07, 6.45) is 1.77. The third-order valence-corrected chi connectivity index (χ3v) is 4.71. The molecule has 1 N–H and O–H groups in total. The van der Waals surface area contributed by atoms with Gasteiger partial charge in [0.15, 0.2) is 11.5 Å². The number of amides is 3. The number of carbonyl (C=O) groups excluding carboxylic acids is 2. The van der Waals surface area contributed by atoms with Crippen LogP contribution in [0.4, 0.5) is 4.79 Å². The Morgan fingerprint density at radius 3 is 2.63 bits per heavy atom. The third kappa shape index (κ3) is 3.87. The van der Waals surface area contributed by atoms with E-state index in [9.17, 15) is 9.59 Å². The van der Waals surface area contributed by atoms with Crippen molar-refractivity contribution in [1.29, 1.82) is 0 Å². The van der Waals surface area contributed by atoms with Gasteiger partial charge in [-0.2, -0.15) is 0 Å². The zero-order chi connectivity index (χ0) is 19.7. The second kappa shape index (κ2) is 7.51. The van der Waals surface area contributed by atoms with Crippen molar-refractivity contribution in [2.45, 2.75) is 25.9 Å². The van der Waals surface area contributed by atoms with E-state index in [4.69, 9.17) is 0 Å². The first-order valence-corrected chi connectivity index (χ1v) is 9.10. The maximum Gasteiger partial charge on any atom is 0.319 e. The van der Waals surface area contributed by atoms with Crippen molar-refractivity contribution >= 4 is 17.6 Å². The van der Waals surface area contributed by atoms with E-state index in [1.54, 1.807) is 37.3 Å². The van der Waals surface area contributed by atoms with Gasteiger partial charge in [0, 0.05) is 46.0 Å². The van der Waals surface area contributed by atoms with E-state index in [1.165, 1.54) is 0 Å². The number of carbonyl (C=O) groups is 2. The zero-order valence-electron chi connectivity index (χ0n) is 16.5. The Morgan fingerprint density at radius 1 is 1.22 bits per heavy atom. The minimum absolute atomic E-state index is 0.0149. The fraction of sp³-hybridized carbons (Fsp3) is 0.556. The number of fused-ring (bicyclic) bond motifs is 1. The highest BCUT2D eigenvalue weighted by Crippen LogP contribution is 2.24. The van der Waals surface area contributed by atoms with Gasteiger partial charge in [0.25, 0.3) is 5.91 Å². The molecule has 1 aliphatic rings. The van der Waals surface area contributed by atoms with Crippen LogP contribution in [0.15, 0.2) is 18.3 Å². The predicted molar refractivity (Wildman–Crippen MR) is 102 cm³/mol. The van der Waals surface area contributed by atoms with Crippen LogP contribution in [0.5, 0.6) is 0 Å². The smallest absolute Gasteiger partial charge is 0.319 e. The zero-order valence-corrected chi connectivity index (χ0v) is 16.5. The highest BCUT2D eigenvalue weighted by molar-refractivity contribution is 5.94. The first-order valence-electron chi connectivity index (χ1n) is 9.10. The number of aromatic nitrogens is 3. The lowest BCUT2D eigenvalue weighted by atomic mass is 10.1. The Hall–Kier alpha value is -2.68. The van der Waals surface area contributed by atoms with Crippen LogP contribution in [0.2, 0.25) is 0 Å². The first kappa shape index (κ1) is 19.1. The third-order valence-electron chi connectivity index (χ3n) is 4.71. The number of piperazine rings is 1. The van der Waals surface area contributed by atoms with E-state index in [-0.39, 0.29) is 24.0 Å². The number of hydrogen-bond acceptors (Lipinski definition) is 5. The number of pyridine rings is 1. The van der Waals surface area contributed by atoms with Gasteiger partial charge in [0.05, 0.1) is 11.6 Å². The molecule has 9 nitrogen and oxygen atoms in total. The van der Waals surface area contributed by atoms with Gasteiger partial charge in [-0.05, 0) is 33.0 Å². The number of nitrogens with one attached hydrogen (secondary N) is 1. The second-order valence-electron chi connectivity index (χ2n) is 7.45. The highest BCUT2D eigenvalue weighted by atomic mass is 16.2. The molecule has 0 aliphatic carbocycles. The summed E-state index contributed by atoms with van der Waals surface area (Å²) in [7, 11) is 5.52. The predicted octanol–water partition coefficient (Wildman–Crippen LogP) is 0.838. The Kier molecular flexibility index (Phi) is 5.31. The lowest BCUT2D eigenvalue weighted by molar-refractivity contribution is 0.0932. The Bertz CT molecular complexity index is 845. The van der Waals surface area contributed by atoms with Gasteiger partial charge in [-0.1, -0.05) is 0 Å². The maximum absolute atomic E-state index is 12.4. The second-order valence-corrected chi connectivity index (χ2v) is 7.45. The van der Waals surface area contributed by atoms with Crippen molar-refractivity contribution < 1.29 is 9.59 Å². The van der Waals surface area contributed by atoms with Gasteiger partial charge in [-0.25, -0.2) is 4.79 Å². The van der Waals surface area contributed by atoms with Crippen LogP contribution in [0.3, 0.4) is 0 Å². The molecule has 2 aromatic heterocycles. The quantitative estimate of drug-likeness (QED) is 0.862. The fourth-order valence-corrected chi connectivity index (χ4v) is 3.22. The number of rotatable bonds is 3. The van der Waals surface area contributed by atoms with E-state index in [0.717, 1.165) is 12.4 Å². The molecular formula is C18H27N7O2. The van der Waals surface area contributed by atoms with E-state index in [1.807, 2.05) is 30.2 Å². The molecular weight excluding hydrogens is 346 g/mol. The molecule has 0 bridgehead atoms. The molecule has 2 aromatic rings. The molecule has 1 atom stereocenters. The van der Waals surface area contributed by atoms with Crippen LogP contribution < -0.4 is 5.32 Å². The summed E-state index contributed by atoms with van der Waals surface area (Å²) in [6, 6.07) is 3.48. The van der Waals surface area contributed by atoms with Gasteiger partial charge < -0.3 is 15.1 Å². The molecule has 0 unspecified atom stereocenters. The molecule has 0 radical (unpaired) electrons. The van der Waals surface area contributed by atoms with Crippen molar-refractivity contribution in [2.75, 3.05) is 40.8 Å². The lowest BCUT2D eigenvalue weighted by Gasteiger charge is -2.39. The number of nitrogens with zero attached hydrogens (tertiary/aromatic N) is 6. The minimum atomic E-state index is -0.132. The average Bonchev–Trinajstić information content (AvgIpc) is 3.03. The molecule has 0 spiro atoms. The van der Waals surface area contributed by atoms with Crippen LogP contribution in [0.25, 0.3) is 5.65 Å². The van der Waals surface area contributed by atoms with Gasteiger partial charge in [0.2, 0.25) is 0 Å². The van der Waals surface area contributed by atoms with Crippen LogP contribution in [0, 0.1) is 0 Å². The normalized spacial score (nSPS) is 18.1. The molecule has 9 heteroatoms. The molecule has 3 heterocycles. The molecule has 3 rings (SSSR count). The topological polar surface area (TPSA) is 86.1 Å². The van der Waals surface area contributed by atoms with Crippen molar-refractivity contribution in [2.24, 2.45) is 0 Å². The number of urea groups is 1. The molecule has 1 saturated heterocycles. The highest BCUT2D eigenvalue weighted by Gasteiger charge is 2.32. The van der Waals surface area contributed by atoms with Crippen molar-refractivity contribution in [3.63, 3.8) is 0 Å². The summed E-state index contributed by atoms with van der Waals surface area (Å²) in [5.74, 6) is 0.593. The standard InChI is InChI=1S/C18H27N7O2/c1-12(2)19-17(26)13-6-7-15-20-21-16(25(15)10-13)14-11-24(9-8-23(14)5)18(27)22(3)4/h6-7,10,12,14H,8-9,11H2,1-5H3,(H,19,26)/t14-/m1/s1. The number of hydrogen-bond donors (Lipinski definition) is 1. The molecule has 0 saturated carbocycles. The Balaban J connectivity index is 1.92.